The summed E-state index contributed by atoms with van der Waals surface area (Å²) in [6.07, 6.45) is 9.76. The second kappa shape index (κ2) is 9.91. The maximum atomic E-state index is 5.70. The second-order valence-corrected chi connectivity index (χ2v) is 7.67. The van der Waals surface area contributed by atoms with Gasteiger partial charge in [0.1, 0.15) is 6.61 Å². The first kappa shape index (κ1) is 19.2. The van der Waals surface area contributed by atoms with Crippen molar-refractivity contribution in [1.29, 1.82) is 0 Å². The third-order valence-corrected chi connectivity index (χ3v) is 5.66. The molecule has 0 radical (unpaired) electrons. The summed E-state index contributed by atoms with van der Waals surface area (Å²) in [5.41, 5.74) is 5.58. The molecular weight excluding hydrogens is 320 g/mol. The Morgan fingerprint density at radius 1 is 1.04 bits per heavy atom. The van der Waals surface area contributed by atoms with Gasteiger partial charge in [0, 0.05) is 6.04 Å². The number of nitrogens with zero attached hydrogens (tertiary/aromatic N) is 2. The van der Waals surface area contributed by atoms with Gasteiger partial charge in [0.2, 0.25) is 0 Å². The van der Waals surface area contributed by atoms with Crippen molar-refractivity contribution in [1.82, 2.24) is 4.90 Å². The Morgan fingerprint density at radius 2 is 1.81 bits per heavy atom. The maximum absolute atomic E-state index is 5.70. The SMILES string of the molecule is CCCN(CCC)C1CCC2=C(CCC/C2=N\OCc2ccccc2)C1. The fraction of sp³-hybridized carbons (Fsp3) is 0.609. The zero-order valence-electron chi connectivity index (χ0n) is 16.5. The van der Waals surface area contributed by atoms with Gasteiger partial charge in [-0.1, -0.05) is 54.9 Å². The summed E-state index contributed by atoms with van der Waals surface area (Å²) >= 11 is 0. The molecular formula is C23H34N2O. The van der Waals surface area contributed by atoms with E-state index in [1.165, 1.54) is 74.9 Å². The van der Waals surface area contributed by atoms with Crippen molar-refractivity contribution in [2.24, 2.45) is 5.16 Å². The highest BCUT2D eigenvalue weighted by molar-refractivity contribution is 6.01. The Hall–Kier alpha value is -1.61. The number of rotatable bonds is 8. The summed E-state index contributed by atoms with van der Waals surface area (Å²) in [4.78, 5) is 8.43. The zero-order chi connectivity index (χ0) is 18.2. The van der Waals surface area contributed by atoms with Gasteiger partial charge in [0.05, 0.1) is 5.71 Å². The first-order valence-electron chi connectivity index (χ1n) is 10.5. The van der Waals surface area contributed by atoms with Crippen LogP contribution in [-0.2, 0) is 11.4 Å². The lowest BCUT2D eigenvalue weighted by atomic mass is 9.78. The maximum Gasteiger partial charge on any atom is 0.142 e. The van der Waals surface area contributed by atoms with E-state index in [0.29, 0.717) is 6.61 Å². The van der Waals surface area contributed by atoms with E-state index in [9.17, 15) is 0 Å². The van der Waals surface area contributed by atoms with Gasteiger partial charge >= 0.3 is 0 Å². The fourth-order valence-corrected chi connectivity index (χ4v) is 4.44. The molecule has 2 aliphatic carbocycles. The third kappa shape index (κ3) is 4.97. The molecule has 2 aliphatic rings. The van der Waals surface area contributed by atoms with Crippen LogP contribution in [0.1, 0.15) is 70.8 Å². The van der Waals surface area contributed by atoms with Gasteiger partial charge in [-0.3, -0.25) is 0 Å². The molecule has 3 rings (SSSR count). The van der Waals surface area contributed by atoms with Gasteiger partial charge < -0.3 is 9.74 Å². The fourth-order valence-electron chi connectivity index (χ4n) is 4.44. The molecule has 0 N–H and O–H groups in total. The van der Waals surface area contributed by atoms with Gasteiger partial charge in [-0.25, -0.2) is 0 Å². The van der Waals surface area contributed by atoms with Gasteiger partial charge in [-0.15, -0.1) is 0 Å². The molecule has 0 aliphatic heterocycles. The first-order valence-corrected chi connectivity index (χ1v) is 10.5. The van der Waals surface area contributed by atoms with E-state index in [1.54, 1.807) is 5.57 Å². The van der Waals surface area contributed by atoms with Crippen LogP contribution in [0.25, 0.3) is 0 Å². The molecule has 0 saturated heterocycles. The zero-order valence-corrected chi connectivity index (χ0v) is 16.5. The van der Waals surface area contributed by atoms with Gasteiger partial charge in [0.15, 0.2) is 0 Å². The highest BCUT2D eigenvalue weighted by Crippen LogP contribution is 2.36. The highest BCUT2D eigenvalue weighted by Gasteiger charge is 2.29. The van der Waals surface area contributed by atoms with Crippen molar-refractivity contribution >= 4 is 5.71 Å². The van der Waals surface area contributed by atoms with Crippen molar-refractivity contribution in [2.45, 2.75) is 77.9 Å². The molecule has 1 aromatic rings. The van der Waals surface area contributed by atoms with Crippen molar-refractivity contribution in [3.8, 4) is 0 Å². The molecule has 1 aromatic carbocycles. The van der Waals surface area contributed by atoms with Crippen LogP contribution < -0.4 is 0 Å². The minimum Gasteiger partial charge on any atom is -0.391 e. The van der Waals surface area contributed by atoms with Crippen molar-refractivity contribution < 1.29 is 4.84 Å². The minimum atomic E-state index is 0.566. The molecule has 0 bridgehead atoms. The Morgan fingerprint density at radius 3 is 2.54 bits per heavy atom. The quantitative estimate of drug-likeness (QED) is 0.558. The lowest BCUT2D eigenvalue weighted by Crippen LogP contribution is -2.39. The van der Waals surface area contributed by atoms with Crippen LogP contribution >= 0.6 is 0 Å². The normalized spacial score (nSPS) is 22.0. The molecule has 0 amide bonds. The number of oxime groups is 1. The van der Waals surface area contributed by atoms with E-state index in [0.717, 1.165) is 12.5 Å². The molecule has 3 nitrogen and oxygen atoms in total. The lowest BCUT2D eigenvalue weighted by Gasteiger charge is -2.37. The predicted octanol–water partition coefficient (Wildman–Crippen LogP) is 5.71. The Balaban J connectivity index is 1.64. The van der Waals surface area contributed by atoms with Crippen molar-refractivity contribution in [2.75, 3.05) is 13.1 Å². The van der Waals surface area contributed by atoms with Crippen LogP contribution in [0, 0.1) is 0 Å². The third-order valence-electron chi connectivity index (χ3n) is 5.66. The van der Waals surface area contributed by atoms with Gasteiger partial charge in [0.25, 0.3) is 0 Å². The summed E-state index contributed by atoms with van der Waals surface area (Å²) in [7, 11) is 0. The van der Waals surface area contributed by atoms with Crippen LogP contribution in [0.15, 0.2) is 46.6 Å². The average Bonchev–Trinajstić information content (AvgIpc) is 2.68. The van der Waals surface area contributed by atoms with Gasteiger partial charge in [-0.2, -0.15) is 0 Å². The molecule has 3 heteroatoms. The van der Waals surface area contributed by atoms with Crippen molar-refractivity contribution in [3.63, 3.8) is 0 Å². The van der Waals surface area contributed by atoms with Crippen LogP contribution in [0.4, 0.5) is 0 Å². The summed E-state index contributed by atoms with van der Waals surface area (Å²) in [5.74, 6) is 0. The van der Waals surface area contributed by atoms with Crippen LogP contribution in [0.5, 0.6) is 0 Å². The minimum absolute atomic E-state index is 0.566. The Labute approximate surface area is 159 Å². The van der Waals surface area contributed by atoms with Crippen LogP contribution in [0.3, 0.4) is 0 Å². The van der Waals surface area contributed by atoms with E-state index >= 15 is 0 Å². The number of hydrogen-bond donors (Lipinski definition) is 0. The number of allylic oxidation sites excluding steroid dienone is 1. The summed E-state index contributed by atoms with van der Waals surface area (Å²) in [5, 5.41) is 4.55. The monoisotopic (exact) mass is 354 g/mol. The second-order valence-electron chi connectivity index (χ2n) is 7.67. The smallest absolute Gasteiger partial charge is 0.142 e. The number of benzene rings is 1. The summed E-state index contributed by atoms with van der Waals surface area (Å²) in [6.45, 7) is 7.64. The molecule has 0 fully saturated rings. The summed E-state index contributed by atoms with van der Waals surface area (Å²) < 4.78 is 0. The molecule has 0 heterocycles. The van der Waals surface area contributed by atoms with Crippen LogP contribution in [-0.4, -0.2) is 29.7 Å². The van der Waals surface area contributed by atoms with E-state index in [2.05, 4.69) is 36.0 Å². The standard InChI is InChI=1S/C23H34N2O/c1-3-15-25(16-4-2)21-13-14-22-20(17-21)11-8-12-23(22)24-26-18-19-9-6-5-7-10-19/h5-7,9-10,21H,3-4,8,11-18H2,1-2H3/b24-23+. The van der Waals surface area contributed by atoms with Crippen molar-refractivity contribution in [3.05, 3.63) is 47.0 Å². The van der Waals surface area contributed by atoms with Crippen LogP contribution in [0.2, 0.25) is 0 Å². The molecule has 0 spiro atoms. The van der Waals surface area contributed by atoms with Gasteiger partial charge in [-0.05, 0) is 75.6 Å². The number of hydrogen-bond acceptors (Lipinski definition) is 3. The summed E-state index contributed by atoms with van der Waals surface area (Å²) in [6, 6.07) is 11.0. The topological polar surface area (TPSA) is 24.8 Å². The first-order chi connectivity index (χ1) is 12.8. The molecule has 142 valence electrons. The molecule has 1 unspecified atom stereocenters. The lowest BCUT2D eigenvalue weighted by molar-refractivity contribution is 0.129. The Kier molecular flexibility index (Phi) is 7.31. The van der Waals surface area contributed by atoms with E-state index in [4.69, 9.17) is 4.84 Å². The molecule has 26 heavy (non-hydrogen) atoms. The van der Waals surface area contributed by atoms with E-state index in [-0.39, 0.29) is 0 Å². The highest BCUT2D eigenvalue weighted by atomic mass is 16.6. The average molecular weight is 355 g/mol. The van der Waals surface area contributed by atoms with E-state index in [1.807, 2.05) is 18.2 Å². The molecule has 1 atom stereocenters. The Bertz CT molecular complexity index is 614. The largest absolute Gasteiger partial charge is 0.391 e. The molecule has 0 aromatic heterocycles. The predicted molar refractivity (Wildman–Crippen MR) is 109 cm³/mol. The molecule has 0 saturated carbocycles. The van der Waals surface area contributed by atoms with E-state index < -0.39 is 0 Å².